The minimum atomic E-state index is -0.148. The molecular formula is C9H15N3O. The summed E-state index contributed by atoms with van der Waals surface area (Å²) in [7, 11) is 1.59. The summed E-state index contributed by atoms with van der Waals surface area (Å²) in [6, 6.07) is 0.188. The van der Waals surface area contributed by atoms with Gasteiger partial charge in [0.1, 0.15) is 0 Å². The van der Waals surface area contributed by atoms with E-state index in [1.165, 1.54) is 0 Å². The summed E-state index contributed by atoms with van der Waals surface area (Å²) in [5, 5.41) is 2.55. The summed E-state index contributed by atoms with van der Waals surface area (Å²) < 4.78 is 0. The summed E-state index contributed by atoms with van der Waals surface area (Å²) in [5.41, 5.74) is 7.69. The van der Waals surface area contributed by atoms with Gasteiger partial charge in [0, 0.05) is 24.9 Å². The Morgan fingerprint density at radius 3 is 2.77 bits per heavy atom. The number of nitrogens with one attached hydrogen (secondary N) is 1. The van der Waals surface area contributed by atoms with Crippen molar-refractivity contribution in [3.8, 4) is 0 Å². The first-order chi connectivity index (χ1) is 6.06. The Kier molecular flexibility index (Phi) is 2.70. The number of amides is 1. The summed E-state index contributed by atoms with van der Waals surface area (Å²) in [6.07, 6.45) is 0.667. The fraction of sp³-hybridized carbons (Fsp3) is 0.556. The van der Waals surface area contributed by atoms with Gasteiger partial charge in [-0.15, -0.1) is 0 Å². The molecule has 1 heterocycles. The molecule has 0 radical (unpaired) electrons. The molecule has 1 atom stereocenters. The lowest BCUT2D eigenvalue weighted by atomic mass is 10.00. The number of carbonyl (C=O) groups excluding carboxylic acids is 1. The molecular weight excluding hydrogens is 166 g/mol. The van der Waals surface area contributed by atoms with Gasteiger partial charge in [-0.1, -0.05) is 0 Å². The number of hydrogen-bond acceptors (Lipinski definition) is 3. The fourth-order valence-corrected chi connectivity index (χ4v) is 1.53. The number of hydrogen-bond donors (Lipinski definition) is 2. The number of nitrogens with two attached hydrogens (primary N) is 1. The number of rotatable bonds is 1. The van der Waals surface area contributed by atoms with Crippen molar-refractivity contribution < 1.29 is 4.79 Å². The van der Waals surface area contributed by atoms with Crippen LogP contribution in [0.4, 0.5) is 0 Å². The molecule has 1 rings (SSSR count). The third kappa shape index (κ3) is 1.88. The second-order valence-electron chi connectivity index (χ2n) is 3.25. The van der Waals surface area contributed by atoms with Crippen LogP contribution in [0, 0.1) is 0 Å². The van der Waals surface area contributed by atoms with Crippen molar-refractivity contribution in [1.29, 1.82) is 0 Å². The number of carbonyl (C=O) groups is 1. The van der Waals surface area contributed by atoms with Gasteiger partial charge in [0.25, 0.3) is 5.91 Å². The Morgan fingerprint density at radius 1 is 1.69 bits per heavy atom. The maximum absolute atomic E-state index is 11.4. The molecule has 0 spiro atoms. The third-order valence-corrected chi connectivity index (χ3v) is 2.07. The van der Waals surface area contributed by atoms with E-state index in [2.05, 4.69) is 10.3 Å². The molecule has 4 nitrogen and oxygen atoms in total. The monoisotopic (exact) mass is 181 g/mol. The number of likely N-dealkylation sites (N-methyl/N-ethyl adjacent to an activating group) is 1. The molecule has 0 aromatic carbocycles. The predicted octanol–water partition coefficient (Wildman–Crippen LogP) is 0.198. The zero-order valence-corrected chi connectivity index (χ0v) is 8.22. The van der Waals surface area contributed by atoms with E-state index in [0.717, 1.165) is 5.71 Å². The van der Waals surface area contributed by atoms with E-state index >= 15 is 0 Å². The van der Waals surface area contributed by atoms with E-state index in [0.29, 0.717) is 17.7 Å². The van der Waals surface area contributed by atoms with Gasteiger partial charge in [0.15, 0.2) is 0 Å². The molecule has 0 saturated carbocycles. The largest absolute Gasteiger partial charge is 0.401 e. The lowest BCUT2D eigenvalue weighted by Gasteiger charge is -2.19. The first-order valence-electron chi connectivity index (χ1n) is 4.31. The van der Waals surface area contributed by atoms with Crippen LogP contribution in [0.2, 0.25) is 0 Å². The van der Waals surface area contributed by atoms with E-state index in [-0.39, 0.29) is 11.9 Å². The van der Waals surface area contributed by atoms with Crippen molar-refractivity contribution >= 4 is 11.6 Å². The molecule has 13 heavy (non-hydrogen) atoms. The highest BCUT2D eigenvalue weighted by atomic mass is 16.1. The van der Waals surface area contributed by atoms with Gasteiger partial charge >= 0.3 is 0 Å². The Balaban J connectivity index is 3.01. The highest BCUT2D eigenvalue weighted by molar-refractivity contribution is 6.21. The topological polar surface area (TPSA) is 67.5 Å². The Labute approximate surface area is 77.9 Å². The van der Waals surface area contributed by atoms with Crippen LogP contribution in [-0.2, 0) is 4.79 Å². The molecule has 1 amide bonds. The normalized spacial score (nSPS) is 22.7. The third-order valence-electron chi connectivity index (χ3n) is 2.07. The Hall–Kier alpha value is -1.32. The molecule has 0 saturated heterocycles. The number of nitrogens with zero attached hydrogens (tertiary/aromatic N) is 1. The molecule has 0 aliphatic carbocycles. The zero-order chi connectivity index (χ0) is 10.0. The quantitative estimate of drug-likeness (QED) is 0.606. The fourth-order valence-electron chi connectivity index (χ4n) is 1.53. The highest BCUT2D eigenvalue weighted by Gasteiger charge is 2.21. The van der Waals surface area contributed by atoms with Crippen LogP contribution in [0.3, 0.4) is 0 Å². The standard InChI is InChI=1S/C9H15N3O/c1-5-4-7(10)8(6(2)12-5)9(13)11-3/h5H,4,10H2,1-3H3,(H,11,13). The van der Waals surface area contributed by atoms with Crippen molar-refractivity contribution in [3.05, 3.63) is 11.3 Å². The first kappa shape index (κ1) is 9.77. The van der Waals surface area contributed by atoms with Crippen molar-refractivity contribution in [2.24, 2.45) is 10.7 Å². The summed E-state index contributed by atoms with van der Waals surface area (Å²) in [5.74, 6) is -0.148. The van der Waals surface area contributed by atoms with E-state index in [4.69, 9.17) is 5.73 Å². The summed E-state index contributed by atoms with van der Waals surface area (Å²) >= 11 is 0. The average molecular weight is 181 g/mol. The summed E-state index contributed by atoms with van der Waals surface area (Å²) in [6.45, 7) is 3.80. The molecule has 3 N–H and O–H groups in total. The Bertz CT molecular complexity index is 291. The van der Waals surface area contributed by atoms with Crippen LogP contribution in [0.5, 0.6) is 0 Å². The van der Waals surface area contributed by atoms with E-state index in [1.54, 1.807) is 7.05 Å². The average Bonchev–Trinajstić information content (AvgIpc) is 2.02. The van der Waals surface area contributed by atoms with Gasteiger partial charge in [-0.2, -0.15) is 0 Å². The minimum absolute atomic E-state index is 0.148. The molecule has 0 aromatic rings. The van der Waals surface area contributed by atoms with Crippen molar-refractivity contribution in [3.63, 3.8) is 0 Å². The molecule has 4 heteroatoms. The van der Waals surface area contributed by atoms with Gasteiger partial charge in [0.05, 0.1) is 11.6 Å². The van der Waals surface area contributed by atoms with E-state index in [9.17, 15) is 4.79 Å². The molecule has 0 aromatic heterocycles. The number of aliphatic imine (C=N–C) groups is 1. The lowest BCUT2D eigenvalue weighted by Crippen LogP contribution is -2.31. The maximum Gasteiger partial charge on any atom is 0.254 e. The predicted molar refractivity (Wildman–Crippen MR) is 52.5 cm³/mol. The summed E-state index contributed by atoms with van der Waals surface area (Å²) in [4.78, 5) is 15.7. The van der Waals surface area contributed by atoms with Crippen molar-refractivity contribution in [2.75, 3.05) is 7.05 Å². The molecule has 72 valence electrons. The second-order valence-corrected chi connectivity index (χ2v) is 3.25. The van der Waals surface area contributed by atoms with Gasteiger partial charge in [-0.05, 0) is 13.8 Å². The highest BCUT2D eigenvalue weighted by Crippen LogP contribution is 2.17. The van der Waals surface area contributed by atoms with Crippen LogP contribution < -0.4 is 11.1 Å². The van der Waals surface area contributed by atoms with Gasteiger partial charge < -0.3 is 11.1 Å². The first-order valence-corrected chi connectivity index (χ1v) is 4.31. The Morgan fingerprint density at radius 2 is 2.31 bits per heavy atom. The van der Waals surface area contributed by atoms with Gasteiger partial charge in [-0.3, -0.25) is 9.79 Å². The van der Waals surface area contributed by atoms with Gasteiger partial charge in [-0.25, -0.2) is 0 Å². The van der Waals surface area contributed by atoms with Crippen LogP contribution >= 0.6 is 0 Å². The van der Waals surface area contributed by atoms with Crippen LogP contribution in [0.15, 0.2) is 16.3 Å². The van der Waals surface area contributed by atoms with Crippen molar-refractivity contribution in [1.82, 2.24) is 5.32 Å². The molecule has 0 bridgehead atoms. The molecule has 1 aliphatic heterocycles. The van der Waals surface area contributed by atoms with Crippen LogP contribution in [0.25, 0.3) is 0 Å². The maximum atomic E-state index is 11.4. The molecule has 1 unspecified atom stereocenters. The van der Waals surface area contributed by atoms with Crippen LogP contribution in [0.1, 0.15) is 20.3 Å². The van der Waals surface area contributed by atoms with Crippen LogP contribution in [-0.4, -0.2) is 24.7 Å². The second kappa shape index (κ2) is 3.60. The van der Waals surface area contributed by atoms with E-state index < -0.39 is 0 Å². The number of dihydropyridines is 1. The molecule has 1 aliphatic rings. The SMILES string of the molecule is CNC(=O)C1=C(N)CC(C)N=C1C. The smallest absolute Gasteiger partial charge is 0.254 e. The minimum Gasteiger partial charge on any atom is -0.401 e. The lowest BCUT2D eigenvalue weighted by molar-refractivity contribution is -0.116. The zero-order valence-electron chi connectivity index (χ0n) is 8.22. The van der Waals surface area contributed by atoms with Gasteiger partial charge in [0.2, 0.25) is 0 Å². The van der Waals surface area contributed by atoms with E-state index in [1.807, 2.05) is 13.8 Å². The molecule has 0 fully saturated rings. The van der Waals surface area contributed by atoms with Crippen molar-refractivity contribution in [2.45, 2.75) is 26.3 Å².